The first kappa shape index (κ1) is 12.8. The normalized spacial score (nSPS) is 32.5. The van der Waals surface area contributed by atoms with E-state index >= 15 is 0 Å². The average molecular weight is 240 g/mol. The van der Waals surface area contributed by atoms with E-state index in [0.717, 1.165) is 45.2 Å². The largest absolute Gasteiger partial charge is 0.391 e. The predicted molar refractivity (Wildman–Crippen MR) is 66.4 cm³/mol. The van der Waals surface area contributed by atoms with Crippen molar-refractivity contribution in [1.82, 2.24) is 4.90 Å². The Balaban J connectivity index is 1.79. The topological polar surface area (TPSA) is 66.6 Å². The molecule has 1 amide bonds. The highest BCUT2D eigenvalue weighted by molar-refractivity contribution is 5.73. The van der Waals surface area contributed by atoms with Crippen LogP contribution in [0.15, 0.2) is 0 Å². The Labute approximate surface area is 103 Å². The number of carbonyl (C=O) groups excluding carboxylic acids is 1. The smallest absolute Gasteiger partial charge is 0.217 e. The van der Waals surface area contributed by atoms with E-state index < -0.39 is 0 Å². The van der Waals surface area contributed by atoms with Crippen molar-refractivity contribution in [2.75, 3.05) is 13.1 Å². The highest BCUT2D eigenvalue weighted by atomic mass is 16.3. The molecule has 2 rings (SSSR count). The summed E-state index contributed by atoms with van der Waals surface area (Å²) in [5, 5.41) is 10.0. The zero-order chi connectivity index (χ0) is 12.3. The van der Waals surface area contributed by atoms with Crippen LogP contribution in [0, 0.1) is 5.92 Å². The van der Waals surface area contributed by atoms with E-state index in [9.17, 15) is 9.90 Å². The third kappa shape index (κ3) is 3.42. The first-order valence-corrected chi connectivity index (χ1v) is 6.87. The fourth-order valence-electron chi connectivity index (χ4n) is 3.29. The summed E-state index contributed by atoms with van der Waals surface area (Å²) in [5.74, 6) is 0.283. The van der Waals surface area contributed by atoms with Gasteiger partial charge in [0.1, 0.15) is 0 Å². The van der Waals surface area contributed by atoms with Crippen LogP contribution in [0.1, 0.15) is 44.9 Å². The van der Waals surface area contributed by atoms with E-state index in [1.54, 1.807) is 0 Å². The molecule has 2 fully saturated rings. The Kier molecular flexibility index (Phi) is 4.40. The number of aliphatic hydroxyl groups excluding tert-OH is 1. The predicted octanol–water partition coefficient (Wildman–Crippen LogP) is 0.877. The maximum atomic E-state index is 10.9. The second-order valence-electron chi connectivity index (χ2n) is 5.57. The number of hydrogen-bond acceptors (Lipinski definition) is 3. The molecule has 1 saturated carbocycles. The molecule has 1 heterocycles. The zero-order valence-electron chi connectivity index (χ0n) is 10.5. The lowest BCUT2D eigenvalue weighted by Gasteiger charge is -2.41. The van der Waals surface area contributed by atoms with Gasteiger partial charge in [-0.1, -0.05) is 12.8 Å². The SMILES string of the molecule is NC(=O)CC1CCN(C2CCCCC2O)CC1. The van der Waals surface area contributed by atoms with Gasteiger partial charge in [-0.05, 0) is 44.7 Å². The third-order valence-electron chi connectivity index (χ3n) is 4.30. The van der Waals surface area contributed by atoms with Crippen molar-refractivity contribution in [3.63, 3.8) is 0 Å². The number of primary amides is 1. The van der Waals surface area contributed by atoms with Gasteiger partial charge in [-0.2, -0.15) is 0 Å². The maximum absolute atomic E-state index is 10.9. The molecule has 2 aliphatic rings. The van der Waals surface area contributed by atoms with Crippen LogP contribution in [0.3, 0.4) is 0 Å². The molecule has 0 aromatic carbocycles. The molecule has 1 aliphatic heterocycles. The molecule has 0 spiro atoms. The number of nitrogens with zero attached hydrogens (tertiary/aromatic N) is 1. The summed E-state index contributed by atoms with van der Waals surface area (Å²) in [6.07, 6.45) is 6.96. The second-order valence-corrected chi connectivity index (χ2v) is 5.57. The molecule has 0 aromatic rings. The van der Waals surface area contributed by atoms with Crippen LogP contribution in [0.4, 0.5) is 0 Å². The Bertz CT molecular complexity index is 262. The Morgan fingerprint density at radius 1 is 1.18 bits per heavy atom. The van der Waals surface area contributed by atoms with Crippen molar-refractivity contribution < 1.29 is 9.90 Å². The highest BCUT2D eigenvalue weighted by Gasteiger charge is 2.31. The number of piperidine rings is 1. The first-order valence-electron chi connectivity index (χ1n) is 6.87. The molecule has 0 bridgehead atoms. The summed E-state index contributed by atoms with van der Waals surface area (Å²) in [7, 11) is 0. The van der Waals surface area contributed by atoms with Crippen LogP contribution in [0.5, 0.6) is 0 Å². The fraction of sp³-hybridized carbons (Fsp3) is 0.923. The number of likely N-dealkylation sites (tertiary alicyclic amines) is 1. The number of nitrogens with two attached hydrogens (primary N) is 1. The summed E-state index contributed by atoms with van der Waals surface area (Å²) in [5.41, 5.74) is 5.23. The van der Waals surface area contributed by atoms with E-state index in [1.165, 1.54) is 6.42 Å². The minimum atomic E-state index is -0.179. The molecule has 2 atom stereocenters. The molecule has 0 aromatic heterocycles. The molecule has 3 N–H and O–H groups in total. The molecular formula is C13H24N2O2. The quantitative estimate of drug-likeness (QED) is 0.769. The van der Waals surface area contributed by atoms with Crippen LogP contribution in [-0.2, 0) is 4.79 Å². The van der Waals surface area contributed by atoms with Crippen LogP contribution >= 0.6 is 0 Å². The molecular weight excluding hydrogens is 216 g/mol. The molecule has 0 radical (unpaired) electrons. The van der Waals surface area contributed by atoms with Gasteiger partial charge in [0.25, 0.3) is 0 Å². The van der Waals surface area contributed by atoms with Crippen molar-refractivity contribution in [1.29, 1.82) is 0 Å². The summed E-state index contributed by atoms with van der Waals surface area (Å²) in [6.45, 7) is 2.03. The summed E-state index contributed by atoms with van der Waals surface area (Å²) < 4.78 is 0. The molecule has 1 aliphatic carbocycles. The van der Waals surface area contributed by atoms with E-state index in [4.69, 9.17) is 5.73 Å². The fourth-order valence-corrected chi connectivity index (χ4v) is 3.29. The van der Waals surface area contributed by atoms with Crippen molar-refractivity contribution >= 4 is 5.91 Å². The standard InChI is InChI=1S/C13H24N2O2/c14-13(17)9-10-5-7-15(8-6-10)11-3-1-2-4-12(11)16/h10-12,16H,1-9H2,(H2,14,17). The van der Waals surface area contributed by atoms with Gasteiger partial charge in [-0.25, -0.2) is 0 Å². The summed E-state index contributed by atoms with van der Waals surface area (Å²) in [4.78, 5) is 13.3. The van der Waals surface area contributed by atoms with Crippen molar-refractivity contribution in [2.24, 2.45) is 11.7 Å². The second kappa shape index (κ2) is 5.83. The molecule has 4 nitrogen and oxygen atoms in total. The summed E-state index contributed by atoms with van der Waals surface area (Å²) >= 11 is 0. The maximum Gasteiger partial charge on any atom is 0.217 e. The highest BCUT2D eigenvalue weighted by Crippen LogP contribution is 2.28. The molecule has 2 unspecified atom stereocenters. The zero-order valence-corrected chi connectivity index (χ0v) is 10.5. The van der Waals surface area contributed by atoms with Crippen LogP contribution in [-0.4, -0.2) is 41.1 Å². The third-order valence-corrected chi connectivity index (χ3v) is 4.30. The van der Waals surface area contributed by atoms with Gasteiger partial charge in [0, 0.05) is 12.5 Å². The lowest BCUT2D eigenvalue weighted by molar-refractivity contribution is -0.119. The minimum absolute atomic E-state index is 0.142. The van der Waals surface area contributed by atoms with Crippen molar-refractivity contribution in [3.05, 3.63) is 0 Å². The van der Waals surface area contributed by atoms with Gasteiger partial charge in [-0.3, -0.25) is 9.69 Å². The van der Waals surface area contributed by atoms with Crippen LogP contribution < -0.4 is 5.73 Å². The Hall–Kier alpha value is -0.610. The van der Waals surface area contributed by atoms with E-state index in [0.29, 0.717) is 18.4 Å². The van der Waals surface area contributed by atoms with Gasteiger partial charge in [-0.15, -0.1) is 0 Å². The lowest BCUT2D eigenvalue weighted by Crippen LogP contribution is -2.49. The van der Waals surface area contributed by atoms with E-state index in [-0.39, 0.29) is 12.0 Å². The van der Waals surface area contributed by atoms with Gasteiger partial charge in [0.15, 0.2) is 0 Å². The lowest BCUT2D eigenvalue weighted by atomic mass is 9.87. The molecule has 17 heavy (non-hydrogen) atoms. The number of rotatable bonds is 3. The van der Waals surface area contributed by atoms with Gasteiger partial charge >= 0.3 is 0 Å². The number of hydrogen-bond donors (Lipinski definition) is 2. The van der Waals surface area contributed by atoms with E-state index in [2.05, 4.69) is 4.90 Å². The van der Waals surface area contributed by atoms with Crippen LogP contribution in [0.25, 0.3) is 0 Å². The van der Waals surface area contributed by atoms with Crippen molar-refractivity contribution in [3.8, 4) is 0 Å². The van der Waals surface area contributed by atoms with E-state index in [1.807, 2.05) is 0 Å². The molecule has 4 heteroatoms. The van der Waals surface area contributed by atoms with Crippen molar-refractivity contribution in [2.45, 2.75) is 57.1 Å². The molecule has 98 valence electrons. The Morgan fingerprint density at radius 2 is 1.82 bits per heavy atom. The first-order chi connectivity index (χ1) is 8.16. The van der Waals surface area contributed by atoms with Crippen LogP contribution in [0.2, 0.25) is 0 Å². The minimum Gasteiger partial charge on any atom is -0.391 e. The average Bonchev–Trinajstić information content (AvgIpc) is 2.30. The number of amides is 1. The monoisotopic (exact) mass is 240 g/mol. The van der Waals surface area contributed by atoms with Gasteiger partial charge in [0.2, 0.25) is 5.91 Å². The summed E-state index contributed by atoms with van der Waals surface area (Å²) in [6, 6.07) is 0.360. The molecule has 1 saturated heterocycles. The Morgan fingerprint density at radius 3 is 2.41 bits per heavy atom. The number of aliphatic hydroxyl groups is 1. The number of carbonyl (C=O) groups is 1. The van der Waals surface area contributed by atoms with Gasteiger partial charge in [0.05, 0.1) is 6.10 Å². The van der Waals surface area contributed by atoms with Gasteiger partial charge < -0.3 is 10.8 Å².